The van der Waals surface area contributed by atoms with Gasteiger partial charge in [-0.3, -0.25) is 52.8 Å². The third kappa shape index (κ3) is 24.1. The molecule has 2 fully saturated rings. The molecule has 0 radical (unpaired) electrons. The van der Waals surface area contributed by atoms with Crippen LogP contribution in [0.1, 0.15) is 152 Å². The smallest absolute Gasteiger partial charge is 0.312 e. The molecule has 2 unspecified atom stereocenters. The maximum atomic E-state index is 14.6. The van der Waals surface area contributed by atoms with Crippen molar-refractivity contribution in [3.8, 4) is 0 Å². The average Bonchev–Trinajstić information content (AvgIpc) is 1.62. The highest BCUT2D eigenvalue weighted by atomic mass is 16.5. The molecule has 0 saturated carbocycles. The van der Waals surface area contributed by atoms with Gasteiger partial charge in [-0.15, -0.1) is 0 Å². The van der Waals surface area contributed by atoms with E-state index in [1.54, 1.807) is 75.9 Å². The van der Waals surface area contributed by atoms with Crippen LogP contribution >= 0.6 is 0 Å². The summed E-state index contributed by atoms with van der Waals surface area (Å²) in [5.41, 5.74) is 7.13. The van der Waals surface area contributed by atoms with Crippen LogP contribution in [0.3, 0.4) is 0 Å². The Balaban J connectivity index is 1.41. The van der Waals surface area contributed by atoms with E-state index in [4.69, 9.17) is 10.5 Å². The summed E-state index contributed by atoms with van der Waals surface area (Å²) < 4.78 is 6.11. The van der Waals surface area contributed by atoms with Crippen LogP contribution in [0.2, 0.25) is 0 Å². The first-order valence-corrected chi connectivity index (χ1v) is 34.4. The zero-order valence-corrected chi connectivity index (χ0v) is 59.8. The highest BCUT2D eigenvalue weighted by Crippen LogP contribution is 2.32. The summed E-state index contributed by atoms with van der Waals surface area (Å²) >= 11 is 0. The quantitative estimate of drug-likeness (QED) is 0.0322. The lowest BCUT2D eigenvalue weighted by Gasteiger charge is -2.41. The second kappa shape index (κ2) is 39.4. The zero-order chi connectivity index (χ0) is 71.7. The number of likely N-dealkylation sites (tertiary alicyclic amines) is 2. The Morgan fingerprint density at radius 3 is 1.93 bits per heavy atom. The number of nitrogens with zero attached hydrogens (tertiary/aromatic N) is 5. The van der Waals surface area contributed by atoms with Crippen molar-refractivity contribution >= 4 is 77.0 Å². The van der Waals surface area contributed by atoms with Crippen molar-refractivity contribution < 1.29 is 57.5 Å². The highest BCUT2D eigenvalue weighted by Gasteiger charge is 2.43. The van der Waals surface area contributed by atoms with Gasteiger partial charge in [-0.25, -0.2) is 9.79 Å². The van der Waals surface area contributed by atoms with Gasteiger partial charge in [-0.1, -0.05) is 125 Å². The lowest BCUT2D eigenvalue weighted by Crippen LogP contribution is -2.59. The minimum Gasteiger partial charge on any atom is -0.379 e. The first kappa shape index (κ1) is 80.6. The Labute approximate surface area is 569 Å². The number of urea groups is 1. The third-order valence-electron chi connectivity index (χ3n) is 19.1. The maximum Gasteiger partial charge on any atom is 0.312 e. The normalized spacial score (nSPS) is 18.9. The molecule has 2 aliphatic heterocycles. The lowest BCUT2D eigenvalue weighted by molar-refractivity contribution is -0.146. The number of nitrogens with two attached hydrogens (primary N) is 1. The number of piperidine rings is 1. The summed E-state index contributed by atoms with van der Waals surface area (Å²) in [4.78, 5) is 160. The molecule has 9 N–H and O–H groups in total. The number of primary amides is 1. The van der Waals surface area contributed by atoms with Crippen LogP contribution in [0, 0.1) is 47.3 Å². The summed E-state index contributed by atoms with van der Waals surface area (Å²) in [7, 11) is 6.94. The predicted molar refractivity (Wildman–Crippen MR) is 370 cm³/mol. The first-order valence-electron chi connectivity index (χ1n) is 34.4. The maximum absolute atomic E-state index is 14.6. The van der Waals surface area contributed by atoms with Crippen molar-refractivity contribution in [3.63, 3.8) is 0 Å². The predicted octanol–water partition coefficient (Wildman–Crippen LogP) is 5.19. The van der Waals surface area contributed by atoms with Crippen molar-refractivity contribution in [1.29, 1.82) is 0 Å². The summed E-state index contributed by atoms with van der Waals surface area (Å²) in [5, 5.41) is 19.9. The molecule has 2 saturated heterocycles. The van der Waals surface area contributed by atoms with Gasteiger partial charge in [0.15, 0.2) is 0 Å². The molecule has 25 heteroatoms. The van der Waals surface area contributed by atoms with Crippen molar-refractivity contribution in [3.05, 3.63) is 65.7 Å². The van der Waals surface area contributed by atoms with Crippen LogP contribution in [-0.4, -0.2) is 194 Å². The number of anilines is 1. The lowest BCUT2D eigenvalue weighted by atomic mass is 9.86. The second-order valence-corrected chi connectivity index (χ2v) is 27.5. The molecule has 0 spiro atoms. The molecule has 2 heterocycles. The molecule has 2 aromatic carbocycles. The topological polar surface area (TPSA) is 333 Å². The van der Waals surface area contributed by atoms with E-state index in [1.165, 1.54) is 6.21 Å². The molecule has 2 aromatic rings. The van der Waals surface area contributed by atoms with E-state index in [1.807, 2.05) is 110 Å². The first-order chi connectivity index (χ1) is 45.3. The van der Waals surface area contributed by atoms with Crippen LogP contribution in [0.15, 0.2) is 59.6 Å². The molecule has 13 atom stereocenters. The van der Waals surface area contributed by atoms with Crippen molar-refractivity contribution in [2.75, 3.05) is 59.7 Å². The fourth-order valence-electron chi connectivity index (χ4n) is 13.1. The van der Waals surface area contributed by atoms with Crippen LogP contribution in [0.4, 0.5) is 10.5 Å². The Bertz CT molecular complexity index is 2940. The largest absolute Gasteiger partial charge is 0.379 e. The number of hydrogen-bond acceptors (Lipinski definition) is 13. The molecular formula is C71H113N13O12. The Hall–Kier alpha value is -7.80. The Morgan fingerprint density at radius 2 is 1.35 bits per heavy atom. The fourth-order valence-corrected chi connectivity index (χ4v) is 13.1. The second-order valence-electron chi connectivity index (χ2n) is 27.5. The van der Waals surface area contributed by atoms with Crippen LogP contribution in [-0.2, 0) is 65.6 Å². The van der Waals surface area contributed by atoms with E-state index >= 15 is 0 Å². The van der Waals surface area contributed by atoms with Gasteiger partial charge in [0.05, 0.1) is 24.6 Å². The molecular weight excluding hydrogens is 1230 g/mol. The Morgan fingerprint density at radius 1 is 0.708 bits per heavy atom. The molecule has 0 aromatic heterocycles. The van der Waals surface area contributed by atoms with Gasteiger partial charge in [0.2, 0.25) is 59.1 Å². The van der Waals surface area contributed by atoms with Gasteiger partial charge in [-0.05, 0) is 112 Å². The standard InChI is InChI=1S/C71H113N13O12/c1-17-45(9)63(82(15)70(94)61(43(5)6)80-69(93)62(44(7)8)81(13)14)56(96-16)39-59(87)84-36-23-27-55(84)47(11)48(12)64(88)78-54(38-49-24-20-19-21-25-49)66(90)75-40-50-28-30-51(31-29-50)76-67(91)53(26-22-35-74-71(72)95)77-68(92)60(42(3)4)79-57(85)32-33-58(86)83-37-34-52(46(10)41-83)65(89)73-18-2/h18-21,24-25,28-31,42-48,52-56,60-63H,17,22-23,26-27,32-41H2,1-16H3,(H,75,90)(H,76,91)(H,77,92)(H,78,88)(H,79,85)(H,80,93)(H3,72,74,95)/t45-,46?,47+,48+,52?,53-,54-,55-,56+,60-,61-,62-,63-/m0/s1. The number of methoxy groups -OCH3 is 1. The van der Waals surface area contributed by atoms with Gasteiger partial charge in [0.25, 0.3) is 0 Å². The third-order valence-corrected chi connectivity index (χ3v) is 19.1. The molecule has 0 bridgehead atoms. The van der Waals surface area contributed by atoms with E-state index in [0.29, 0.717) is 50.1 Å². The number of benzene rings is 2. The molecule has 2 aliphatic rings. The minimum atomic E-state index is -1.13. The fraction of sp³-hybridized carbons (Fsp3) is 0.662. The molecule has 25 nitrogen and oxygen atoms in total. The van der Waals surface area contributed by atoms with E-state index in [2.05, 4.69) is 42.2 Å². The Kier molecular flexibility index (Phi) is 33.1. The van der Waals surface area contributed by atoms with Gasteiger partial charge in [0, 0.05) is 95.9 Å². The van der Waals surface area contributed by atoms with Crippen LogP contribution in [0.5, 0.6) is 0 Å². The summed E-state index contributed by atoms with van der Waals surface area (Å²) in [6, 6.07) is 10.0. The number of aliphatic imine (C=N–C) groups is 1. The number of rotatable bonds is 36. The molecule has 0 aliphatic carbocycles. The molecule has 534 valence electrons. The number of nitrogens with one attached hydrogen (secondary N) is 7. The van der Waals surface area contributed by atoms with E-state index in [-0.39, 0.29) is 129 Å². The van der Waals surface area contributed by atoms with Crippen LogP contribution < -0.4 is 43.0 Å². The summed E-state index contributed by atoms with van der Waals surface area (Å²) in [6.45, 7) is 23.9. The number of ether oxygens (including phenoxy) is 1. The van der Waals surface area contributed by atoms with Gasteiger partial charge < -0.3 is 62.4 Å². The summed E-state index contributed by atoms with van der Waals surface area (Å²) in [5.74, 6) is -5.72. The SMILES string of the molecule is CC=NC(=O)C1CCN(C(=O)CCC(=O)N[C@H](C(=O)N[C@@H](CCCNC(N)=O)C(=O)Nc2ccc(CNC(=O)[C@H](Cc3ccccc3)NC(=O)[C@H](C)[C@@H](C)[C@@H]3CCCN3C(=O)C[C@@H](OC)[C@H]([C@@H](C)CC)N(C)C(=O)[C@@H](NC(=O)[C@H](C(C)C)N(C)C)C(C)C)cc2)C(C)C)CC1C. The van der Waals surface area contributed by atoms with E-state index < -0.39 is 83.9 Å². The number of carbonyl (C=O) groups is 11. The van der Waals surface area contributed by atoms with E-state index in [0.717, 1.165) is 12.0 Å². The minimum absolute atomic E-state index is 0.00211. The number of hydrogen-bond donors (Lipinski definition) is 8. The highest BCUT2D eigenvalue weighted by molar-refractivity contribution is 5.99. The van der Waals surface area contributed by atoms with Crippen molar-refractivity contribution in [2.45, 2.75) is 202 Å². The summed E-state index contributed by atoms with van der Waals surface area (Å²) in [6.07, 6.45) is 3.53. The number of likely N-dealkylation sites (N-methyl/N-ethyl adjacent to an activating group) is 2. The molecule has 96 heavy (non-hydrogen) atoms. The van der Waals surface area contributed by atoms with Crippen molar-refractivity contribution in [2.24, 2.45) is 58.1 Å². The number of carbonyl (C=O) groups excluding carboxylic acids is 11. The van der Waals surface area contributed by atoms with Crippen molar-refractivity contribution in [1.82, 2.24) is 51.5 Å². The van der Waals surface area contributed by atoms with E-state index in [9.17, 15) is 52.7 Å². The van der Waals surface area contributed by atoms with Gasteiger partial charge in [-0.2, -0.15) is 0 Å². The molecule has 12 amide bonds. The molecule has 4 rings (SSSR count). The number of amides is 12. The van der Waals surface area contributed by atoms with Crippen LogP contribution in [0.25, 0.3) is 0 Å². The monoisotopic (exact) mass is 1340 g/mol. The van der Waals surface area contributed by atoms with Gasteiger partial charge >= 0.3 is 6.03 Å². The zero-order valence-electron chi connectivity index (χ0n) is 59.8. The average molecular weight is 1340 g/mol. The van der Waals surface area contributed by atoms with Gasteiger partial charge in [0.1, 0.15) is 24.2 Å².